The smallest absolute Gasteiger partial charge is 0.224 e. The van der Waals surface area contributed by atoms with E-state index < -0.39 is 0 Å². The number of carbonyl (C=O) groups excluding carboxylic acids is 1. The zero-order chi connectivity index (χ0) is 10.4. The summed E-state index contributed by atoms with van der Waals surface area (Å²) in [5.74, 6) is -0.293. The Hall–Kier alpha value is -1.08. The lowest BCUT2D eigenvalue weighted by molar-refractivity contribution is -0.125. The van der Waals surface area contributed by atoms with Crippen molar-refractivity contribution in [2.24, 2.45) is 11.7 Å². The Morgan fingerprint density at radius 1 is 1.54 bits per heavy atom. The van der Waals surface area contributed by atoms with Gasteiger partial charge in [0.25, 0.3) is 0 Å². The van der Waals surface area contributed by atoms with Crippen LogP contribution in [0.4, 0.5) is 0 Å². The lowest BCUT2D eigenvalue weighted by atomic mass is 10.0. The number of hydrogen-bond acceptors (Lipinski definition) is 3. The standard InChI is InChI=1S/C9H17N3O/c1-6(4-5-10)12-9(13)7(2)8(3)11/h6-8H,4,11H2,1-3H3,(H,12,13). The maximum atomic E-state index is 11.4. The number of nitriles is 1. The summed E-state index contributed by atoms with van der Waals surface area (Å²) >= 11 is 0. The van der Waals surface area contributed by atoms with Crippen LogP contribution in [0.1, 0.15) is 27.2 Å². The summed E-state index contributed by atoms with van der Waals surface area (Å²) in [6, 6.07) is 1.74. The third-order valence-corrected chi connectivity index (χ3v) is 1.99. The van der Waals surface area contributed by atoms with E-state index in [4.69, 9.17) is 11.0 Å². The third-order valence-electron chi connectivity index (χ3n) is 1.99. The fourth-order valence-corrected chi connectivity index (χ4v) is 0.801. The summed E-state index contributed by atoms with van der Waals surface area (Å²) in [5, 5.41) is 11.1. The number of amides is 1. The largest absolute Gasteiger partial charge is 0.352 e. The van der Waals surface area contributed by atoms with Crippen LogP contribution in [0.3, 0.4) is 0 Å². The first kappa shape index (κ1) is 11.9. The van der Waals surface area contributed by atoms with Crippen LogP contribution in [0, 0.1) is 17.2 Å². The molecule has 0 aliphatic carbocycles. The molecule has 0 aromatic rings. The van der Waals surface area contributed by atoms with Gasteiger partial charge in [0, 0.05) is 18.0 Å². The fraction of sp³-hybridized carbons (Fsp3) is 0.778. The van der Waals surface area contributed by atoms with Crippen molar-refractivity contribution >= 4 is 5.91 Å². The van der Waals surface area contributed by atoms with Crippen molar-refractivity contribution in [3.8, 4) is 6.07 Å². The number of nitrogens with one attached hydrogen (secondary N) is 1. The van der Waals surface area contributed by atoms with E-state index in [1.807, 2.05) is 6.07 Å². The monoisotopic (exact) mass is 183 g/mol. The molecule has 0 spiro atoms. The van der Waals surface area contributed by atoms with Crippen molar-refractivity contribution in [2.45, 2.75) is 39.3 Å². The van der Waals surface area contributed by atoms with Gasteiger partial charge in [-0.25, -0.2) is 0 Å². The van der Waals surface area contributed by atoms with E-state index in [0.29, 0.717) is 6.42 Å². The first-order valence-corrected chi connectivity index (χ1v) is 4.42. The predicted octanol–water partition coefficient (Wildman–Crippen LogP) is 0.388. The van der Waals surface area contributed by atoms with E-state index in [2.05, 4.69) is 5.32 Å². The number of nitrogens with two attached hydrogens (primary N) is 1. The highest BCUT2D eigenvalue weighted by atomic mass is 16.1. The molecular formula is C9H17N3O. The maximum absolute atomic E-state index is 11.4. The molecule has 1 amide bonds. The Kier molecular flexibility index (Phi) is 5.09. The van der Waals surface area contributed by atoms with Crippen molar-refractivity contribution < 1.29 is 4.79 Å². The first-order chi connectivity index (χ1) is 5.99. The molecule has 13 heavy (non-hydrogen) atoms. The Labute approximate surface area is 79.1 Å². The predicted molar refractivity (Wildman–Crippen MR) is 50.6 cm³/mol. The van der Waals surface area contributed by atoms with E-state index in [0.717, 1.165) is 0 Å². The van der Waals surface area contributed by atoms with Crippen molar-refractivity contribution in [1.82, 2.24) is 5.32 Å². The SMILES string of the molecule is CC(CC#N)NC(=O)C(C)C(C)N. The molecule has 0 radical (unpaired) electrons. The normalized spacial score (nSPS) is 16.8. The highest BCUT2D eigenvalue weighted by Gasteiger charge is 2.18. The number of carbonyl (C=O) groups is 1. The van der Waals surface area contributed by atoms with Crippen LogP contribution in [0.25, 0.3) is 0 Å². The minimum absolute atomic E-state index is 0.0854. The van der Waals surface area contributed by atoms with E-state index in [-0.39, 0.29) is 23.9 Å². The van der Waals surface area contributed by atoms with Gasteiger partial charge in [0.2, 0.25) is 5.91 Å². The van der Waals surface area contributed by atoms with Gasteiger partial charge in [-0.3, -0.25) is 4.79 Å². The van der Waals surface area contributed by atoms with Crippen molar-refractivity contribution in [3.63, 3.8) is 0 Å². The zero-order valence-electron chi connectivity index (χ0n) is 8.37. The second kappa shape index (κ2) is 5.55. The average Bonchev–Trinajstić information content (AvgIpc) is 2.03. The molecule has 3 N–H and O–H groups in total. The van der Waals surface area contributed by atoms with E-state index in [9.17, 15) is 4.79 Å². The third kappa shape index (κ3) is 4.48. The molecule has 74 valence electrons. The maximum Gasteiger partial charge on any atom is 0.224 e. The van der Waals surface area contributed by atoms with Gasteiger partial charge in [-0.1, -0.05) is 6.92 Å². The molecule has 3 atom stereocenters. The Morgan fingerprint density at radius 3 is 2.46 bits per heavy atom. The first-order valence-electron chi connectivity index (χ1n) is 4.42. The van der Waals surface area contributed by atoms with Gasteiger partial charge in [0.15, 0.2) is 0 Å². The van der Waals surface area contributed by atoms with Gasteiger partial charge < -0.3 is 11.1 Å². The molecule has 0 bridgehead atoms. The molecule has 0 heterocycles. The lowest BCUT2D eigenvalue weighted by Crippen LogP contribution is -2.42. The summed E-state index contributed by atoms with van der Waals surface area (Å²) in [6.07, 6.45) is 0.331. The molecule has 0 saturated heterocycles. The molecule has 0 fully saturated rings. The van der Waals surface area contributed by atoms with Crippen LogP contribution in [0.15, 0.2) is 0 Å². The fourth-order valence-electron chi connectivity index (χ4n) is 0.801. The van der Waals surface area contributed by atoms with E-state index in [1.165, 1.54) is 0 Å². The highest BCUT2D eigenvalue weighted by molar-refractivity contribution is 5.79. The second-order valence-corrected chi connectivity index (χ2v) is 3.42. The topological polar surface area (TPSA) is 78.9 Å². The zero-order valence-corrected chi connectivity index (χ0v) is 8.37. The highest BCUT2D eigenvalue weighted by Crippen LogP contribution is 2.00. The summed E-state index contributed by atoms with van der Waals surface area (Å²) in [5.41, 5.74) is 5.56. The summed E-state index contributed by atoms with van der Waals surface area (Å²) in [4.78, 5) is 11.4. The van der Waals surface area contributed by atoms with Crippen LogP contribution >= 0.6 is 0 Å². The Balaban J connectivity index is 3.94. The number of hydrogen-bond donors (Lipinski definition) is 2. The van der Waals surface area contributed by atoms with Crippen molar-refractivity contribution in [2.75, 3.05) is 0 Å². The van der Waals surface area contributed by atoms with E-state index >= 15 is 0 Å². The minimum Gasteiger partial charge on any atom is -0.352 e. The molecule has 0 rings (SSSR count). The summed E-state index contributed by atoms with van der Waals surface area (Å²) in [7, 11) is 0. The van der Waals surface area contributed by atoms with Crippen LogP contribution in [0.5, 0.6) is 0 Å². The molecule has 4 nitrogen and oxygen atoms in total. The van der Waals surface area contributed by atoms with Gasteiger partial charge in [0.05, 0.1) is 12.5 Å². The van der Waals surface area contributed by atoms with Crippen molar-refractivity contribution in [3.05, 3.63) is 0 Å². The number of nitrogens with zero attached hydrogens (tertiary/aromatic N) is 1. The average molecular weight is 183 g/mol. The molecule has 0 aromatic carbocycles. The molecule has 3 unspecified atom stereocenters. The Bertz CT molecular complexity index is 207. The molecular weight excluding hydrogens is 166 g/mol. The summed E-state index contributed by atoms with van der Waals surface area (Å²) < 4.78 is 0. The van der Waals surface area contributed by atoms with Gasteiger partial charge in [-0.05, 0) is 13.8 Å². The Morgan fingerprint density at radius 2 is 2.08 bits per heavy atom. The van der Waals surface area contributed by atoms with Crippen LogP contribution in [0.2, 0.25) is 0 Å². The van der Waals surface area contributed by atoms with Gasteiger partial charge in [-0.15, -0.1) is 0 Å². The number of rotatable bonds is 4. The second-order valence-electron chi connectivity index (χ2n) is 3.42. The molecule has 0 aliphatic rings. The lowest BCUT2D eigenvalue weighted by Gasteiger charge is -2.17. The quantitative estimate of drug-likeness (QED) is 0.661. The van der Waals surface area contributed by atoms with Crippen LogP contribution in [-0.2, 0) is 4.79 Å². The molecule has 0 saturated carbocycles. The van der Waals surface area contributed by atoms with Crippen LogP contribution < -0.4 is 11.1 Å². The van der Waals surface area contributed by atoms with Gasteiger partial charge in [-0.2, -0.15) is 5.26 Å². The molecule has 0 aromatic heterocycles. The van der Waals surface area contributed by atoms with Crippen molar-refractivity contribution in [1.29, 1.82) is 5.26 Å². The minimum atomic E-state index is -0.207. The van der Waals surface area contributed by atoms with E-state index in [1.54, 1.807) is 20.8 Å². The molecule has 0 aliphatic heterocycles. The molecule has 4 heteroatoms. The van der Waals surface area contributed by atoms with Gasteiger partial charge in [0.1, 0.15) is 0 Å². The van der Waals surface area contributed by atoms with Crippen LogP contribution in [-0.4, -0.2) is 18.0 Å². The summed E-state index contributed by atoms with van der Waals surface area (Å²) in [6.45, 7) is 5.37. The van der Waals surface area contributed by atoms with Gasteiger partial charge >= 0.3 is 0 Å².